The number of nitrogens with one attached hydrogen (secondary N) is 1. The second-order valence-electron chi connectivity index (χ2n) is 3.23. The Morgan fingerprint density at radius 2 is 1.75 bits per heavy atom. The highest BCUT2D eigenvalue weighted by Gasteiger charge is 2.17. The number of benzene rings is 1. The van der Waals surface area contributed by atoms with Crippen molar-refractivity contribution in [1.82, 2.24) is 0 Å². The minimum absolute atomic E-state index is 0.0875. The topological polar surface area (TPSA) is 106 Å². The molecule has 16 heavy (non-hydrogen) atoms. The zero-order chi connectivity index (χ0) is 12.6. The fourth-order valence-electron chi connectivity index (χ4n) is 1.18. The smallest absolute Gasteiger partial charge is 0.240 e. The van der Waals surface area contributed by atoms with Crippen molar-refractivity contribution in [2.75, 3.05) is 18.6 Å². The molecular formula is C8H12N2O4S2. The zero-order valence-electron chi connectivity index (χ0n) is 8.76. The van der Waals surface area contributed by atoms with Crippen LogP contribution in [0.5, 0.6) is 0 Å². The molecule has 8 heteroatoms. The summed E-state index contributed by atoms with van der Waals surface area (Å²) in [6.07, 6.45) is 0.994. The molecule has 0 aliphatic rings. The van der Waals surface area contributed by atoms with Gasteiger partial charge in [-0.3, -0.25) is 0 Å². The first kappa shape index (κ1) is 12.9. The van der Waals surface area contributed by atoms with Gasteiger partial charge in [-0.05, 0) is 18.2 Å². The molecule has 0 aromatic heterocycles. The van der Waals surface area contributed by atoms with E-state index in [2.05, 4.69) is 5.32 Å². The summed E-state index contributed by atoms with van der Waals surface area (Å²) in [5.41, 5.74) is 0.259. The quantitative estimate of drug-likeness (QED) is 0.785. The molecule has 0 atom stereocenters. The highest BCUT2D eigenvalue weighted by Crippen LogP contribution is 2.23. The standard InChI is InChI=1S/C8H12N2O4S2/c1-10-7-4-3-6(15(2,11)12)5-8(7)16(9,13)14/h3-5,10H,1-2H3,(H2,9,13,14). The van der Waals surface area contributed by atoms with Crippen molar-refractivity contribution in [3.8, 4) is 0 Å². The average molecular weight is 264 g/mol. The highest BCUT2D eigenvalue weighted by atomic mass is 32.2. The number of hydrogen-bond donors (Lipinski definition) is 2. The number of nitrogens with two attached hydrogens (primary N) is 1. The van der Waals surface area contributed by atoms with Crippen LogP contribution in [0.2, 0.25) is 0 Å². The minimum Gasteiger partial charge on any atom is -0.387 e. The third kappa shape index (κ3) is 2.71. The molecule has 0 radical (unpaired) electrons. The van der Waals surface area contributed by atoms with Gasteiger partial charge in [0.15, 0.2) is 9.84 Å². The van der Waals surface area contributed by atoms with E-state index in [0.29, 0.717) is 0 Å². The molecule has 6 nitrogen and oxygen atoms in total. The van der Waals surface area contributed by atoms with Crippen LogP contribution in [0, 0.1) is 0 Å². The van der Waals surface area contributed by atoms with Crippen LogP contribution in [-0.4, -0.2) is 30.1 Å². The third-order valence-electron chi connectivity index (χ3n) is 1.96. The number of anilines is 1. The maximum absolute atomic E-state index is 11.3. The molecule has 0 bridgehead atoms. The van der Waals surface area contributed by atoms with E-state index < -0.39 is 19.9 Å². The first-order chi connectivity index (χ1) is 7.16. The zero-order valence-corrected chi connectivity index (χ0v) is 10.4. The van der Waals surface area contributed by atoms with Crippen molar-refractivity contribution in [3.05, 3.63) is 18.2 Å². The molecule has 1 aromatic carbocycles. The predicted octanol–water partition coefficient (Wildman–Crippen LogP) is -0.221. The summed E-state index contributed by atoms with van der Waals surface area (Å²) in [6, 6.07) is 3.71. The summed E-state index contributed by atoms with van der Waals surface area (Å²) < 4.78 is 45.0. The molecule has 0 unspecified atom stereocenters. The van der Waals surface area contributed by atoms with Gasteiger partial charge >= 0.3 is 0 Å². The predicted molar refractivity (Wildman–Crippen MR) is 60.5 cm³/mol. The van der Waals surface area contributed by atoms with E-state index >= 15 is 0 Å². The van der Waals surface area contributed by atoms with E-state index in [1.54, 1.807) is 0 Å². The lowest BCUT2D eigenvalue weighted by molar-refractivity contribution is 0.597. The normalized spacial score (nSPS) is 12.4. The average Bonchev–Trinajstić information content (AvgIpc) is 2.14. The van der Waals surface area contributed by atoms with Crippen LogP contribution in [0.1, 0.15) is 0 Å². The molecule has 0 aliphatic heterocycles. The monoisotopic (exact) mass is 264 g/mol. The summed E-state index contributed by atoms with van der Waals surface area (Å²) in [5.74, 6) is 0. The summed E-state index contributed by atoms with van der Waals surface area (Å²) in [4.78, 5) is -0.326. The van der Waals surface area contributed by atoms with Gasteiger partial charge < -0.3 is 5.32 Å². The van der Waals surface area contributed by atoms with E-state index in [9.17, 15) is 16.8 Å². The molecule has 0 saturated heterocycles. The number of rotatable bonds is 3. The molecule has 0 fully saturated rings. The second-order valence-corrected chi connectivity index (χ2v) is 6.77. The van der Waals surface area contributed by atoms with E-state index in [1.807, 2.05) is 0 Å². The van der Waals surface area contributed by atoms with Gasteiger partial charge in [-0.2, -0.15) is 0 Å². The number of hydrogen-bond acceptors (Lipinski definition) is 5. The molecule has 0 aliphatic carbocycles. The Balaban J connectivity index is 3.58. The van der Waals surface area contributed by atoms with Gasteiger partial charge in [0.1, 0.15) is 4.90 Å². The summed E-state index contributed by atoms with van der Waals surface area (Å²) in [6.45, 7) is 0. The van der Waals surface area contributed by atoms with Crippen LogP contribution in [-0.2, 0) is 19.9 Å². The van der Waals surface area contributed by atoms with Gasteiger partial charge in [-0.1, -0.05) is 0 Å². The fraction of sp³-hybridized carbons (Fsp3) is 0.250. The number of primary sulfonamides is 1. The molecule has 0 saturated carbocycles. The molecule has 3 N–H and O–H groups in total. The third-order valence-corrected chi connectivity index (χ3v) is 4.02. The van der Waals surface area contributed by atoms with Crippen molar-refractivity contribution in [1.29, 1.82) is 0 Å². The Bertz CT molecular complexity index is 605. The number of sulfonamides is 1. The molecule has 0 heterocycles. The Morgan fingerprint density at radius 3 is 2.12 bits per heavy atom. The lowest BCUT2D eigenvalue weighted by atomic mass is 10.3. The lowest BCUT2D eigenvalue weighted by Gasteiger charge is -2.08. The van der Waals surface area contributed by atoms with Crippen LogP contribution in [0.25, 0.3) is 0 Å². The van der Waals surface area contributed by atoms with Gasteiger partial charge in [0.25, 0.3) is 0 Å². The second kappa shape index (κ2) is 4.04. The van der Waals surface area contributed by atoms with E-state index in [-0.39, 0.29) is 15.5 Å². The first-order valence-electron chi connectivity index (χ1n) is 4.21. The van der Waals surface area contributed by atoms with Gasteiger partial charge in [-0.25, -0.2) is 22.0 Å². The van der Waals surface area contributed by atoms with E-state index in [0.717, 1.165) is 12.3 Å². The minimum atomic E-state index is -3.96. The van der Waals surface area contributed by atoms with Crippen molar-refractivity contribution >= 4 is 25.5 Å². The Morgan fingerprint density at radius 1 is 1.19 bits per heavy atom. The molecule has 90 valence electrons. The highest BCUT2D eigenvalue weighted by molar-refractivity contribution is 7.91. The summed E-state index contributed by atoms with van der Waals surface area (Å²) in [5, 5.41) is 7.61. The van der Waals surface area contributed by atoms with Crippen molar-refractivity contribution < 1.29 is 16.8 Å². The van der Waals surface area contributed by atoms with Gasteiger partial charge in [0, 0.05) is 13.3 Å². The van der Waals surface area contributed by atoms with Crippen molar-refractivity contribution in [3.63, 3.8) is 0 Å². The first-order valence-corrected chi connectivity index (χ1v) is 7.64. The molecule has 1 aromatic rings. The maximum atomic E-state index is 11.3. The van der Waals surface area contributed by atoms with Crippen LogP contribution in [0.4, 0.5) is 5.69 Å². The maximum Gasteiger partial charge on any atom is 0.240 e. The molecule has 1 rings (SSSR count). The largest absolute Gasteiger partial charge is 0.387 e. The van der Waals surface area contributed by atoms with E-state index in [4.69, 9.17) is 5.14 Å². The van der Waals surface area contributed by atoms with Crippen LogP contribution >= 0.6 is 0 Å². The van der Waals surface area contributed by atoms with Crippen molar-refractivity contribution in [2.24, 2.45) is 5.14 Å². The van der Waals surface area contributed by atoms with Crippen LogP contribution < -0.4 is 10.5 Å². The molecular weight excluding hydrogens is 252 g/mol. The molecule has 0 spiro atoms. The van der Waals surface area contributed by atoms with Gasteiger partial charge in [-0.15, -0.1) is 0 Å². The number of sulfone groups is 1. The molecule has 0 amide bonds. The SMILES string of the molecule is CNc1ccc(S(C)(=O)=O)cc1S(N)(=O)=O. The van der Waals surface area contributed by atoms with Gasteiger partial charge in [0.05, 0.1) is 10.6 Å². The van der Waals surface area contributed by atoms with Crippen LogP contribution in [0.3, 0.4) is 0 Å². The Kier molecular flexibility index (Phi) is 3.27. The van der Waals surface area contributed by atoms with Crippen molar-refractivity contribution in [2.45, 2.75) is 9.79 Å². The van der Waals surface area contributed by atoms with Gasteiger partial charge in [0.2, 0.25) is 10.0 Å². The summed E-state index contributed by atoms with van der Waals surface area (Å²) >= 11 is 0. The Hall–Kier alpha value is -1.12. The van der Waals surface area contributed by atoms with E-state index in [1.165, 1.54) is 19.2 Å². The lowest BCUT2D eigenvalue weighted by Crippen LogP contribution is -2.15. The summed E-state index contributed by atoms with van der Waals surface area (Å²) in [7, 11) is -5.90. The fourth-order valence-corrected chi connectivity index (χ4v) is 2.66. The van der Waals surface area contributed by atoms with Crippen LogP contribution in [0.15, 0.2) is 28.0 Å². The Labute approximate surface area is 94.4 Å².